The van der Waals surface area contributed by atoms with E-state index in [1.807, 2.05) is 38.1 Å². The van der Waals surface area contributed by atoms with Crippen LogP contribution in [-0.2, 0) is 4.65 Å². The van der Waals surface area contributed by atoms with E-state index < -0.39 is 11.2 Å². The van der Waals surface area contributed by atoms with Gasteiger partial charge in [-0.15, -0.1) is 0 Å². The minimum atomic E-state index is -0.922. The Bertz CT molecular complexity index is 617. The first-order valence-corrected chi connectivity index (χ1v) is 7.42. The predicted molar refractivity (Wildman–Crippen MR) is 88.5 cm³/mol. The zero-order valence-electron chi connectivity index (χ0n) is 12.3. The second-order valence-corrected chi connectivity index (χ2v) is 6.84. The minimum Gasteiger partial charge on any atom is -0.427 e. The van der Waals surface area contributed by atoms with E-state index >= 15 is 0 Å². The Morgan fingerprint density at radius 2 is 1.60 bits per heavy atom. The van der Waals surface area contributed by atoms with Gasteiger partial charge in [0.1, 0.15) is 0 Å². The smallest absolute Gasteiger partial charge is 0.331 e. The Labute approximate surface area is 129 Å². The van der Waals surface area contributed by atoms with Crippen LogP contribution in [0.3, 0.4) is 0 Å². The summed E-state index contributed by atoms with van der Waals surface area (Å²) < 4.78 is 6.90. The fraction of sp³-hybridized carbons (Fsp3) is 0.375. The average molecular weight is 334 g/mol. The first-order valence-electron chi connectivity index (χ1n) is 6.63. The number of hydrogen-bond donors (Lipinski definition) is 1. The van der Waals surface area contributed by atoms with Crippen molar-refractivity contribution in [1.29, 1.82) is 0 Å². The molecule has 0 aliphatic carbocycles. The first-order chi connectivity index (χ1) is 9.22. The molecule has 4 heteroatoms. The largest absolute Gasteiger partial charge is 0.427 e. The third-order valence-electron chi connectivity index (χ3n) is 3.86. The van der Waals surface area contributed by atoms with E-state index in [-0.39, 0.29) is 0 Å². The maximum Gasteiger partial charge on any atom is 0.331 e. The van der Waals surface area contributed by atoms with Gasteiger partial charge in [-0.25, -0.2) is 0 Å². The standard InChI is InChI=1S/C16H19BBrO2/c1-15(2,19)16(3,4)20-17-13-9-10-14(18)12-8-6-5-7-11(12)13/h5-10,19H,1-4H3. The monoisotopic (exact) mass is 333 g/mol. The molecule has 0 heterocycles. The average Bonchev–Trinajstić information content (AvgIpc) is 2.37. The topological polar surface area (TPSA) is 29.5 Å². The highest BCUT2D eigenvalue weighted by atomic mass is 79.9. The number of rotatable bonds is 4. The minimum absolute atomic E-state index is 0.665. The summed E-state index contributed by atoms with van der Waals surface area (Å²) in [6, 6.07) is 12.2. The third kappa shape index (κ3) is 3.08. The number of benzene rings is 2. The van der Waals surface area contributed by atoms with Gasteiger partial charge in [-0.2, -0.15) is 0 Å². The van der Waals surface area contributed by atoms with Gasteiger partial charge >= 0.3 is 7.48 Å². The van der Waals surface area contributed by atoms with Crippen molar-refractivity contribution in [2.24, 2.45) is 0 Å². The van der Waals surface area contributed by atoms with Crippen molar-refractivity contribution >= 4 is 39.6 Å². The van der Waals surface area contributed by atoms with Gasteiger partial charge in [0, 0.05) is 4.47 Å². The van der Waals surface area contributed by atoms with E-state index in [0.717, 1.165) is 20.7 Å². The Hall–Kier alpha value is -0.835. The molecule has 0 spiro atoms. The van der Waals surface area contributed by atoms with Crippen LogP contribution in [0.15, 0.2) is 40.9 Å². The molecule has 2 rings (SSSR count). The van der Waals surface area contributed by atoms with Crippen LogP contribution in [0.5, 0.6) is 0 Å². The lowest BCUT2D eigenvalue weighted by molar-refractivity contribution is -0.0893. The molecule has 2 nitrogen and oxygen atoms in total. The molecule has 0 saturated heterocycles. The van der Waals surface area contributed by atoms with Crippen LogP contribution in [-0.4, -0.2) is 23.8 Å². The summed E-state index contributed by atoms with van der Waals surface area (Å²) in [4.78, 5) is 0. The molecule has 20 heavy (non-hydrogen) atoms. The van der Waals surface area contributed by atoms with Gasteiger partial charge in [0.15, 0.2) is 0 Å². The van der Waals surface area contributed by atoms with Gasteiger partial charge < -0.3 is 9.76 Å². The van der Waals surface area contributed by atoms with Gasteiger partial charge in [-0.1, -0.05) is 46.3 Å². The molecule has 0 unspecified atom stereocenters. The molecule has 2 aromatic rings. The maximum absolute atomic E-state index is 10.1. The van der Waals surface area contributed by atoms with Gasteiger partial charge in [0.2, 0.25) is 0 Å². The van der Waals surface area contributed by atoms with Crippen molar-refractivity contribution in [3.8, 4) is 0 Å². The molecule has 0 amide bonds. The van der Waals surface area contributed by atoms with E-state index in [1.165, 1.54) is 0 Å². The van der Waals surface area contributed by atoms with E-state index in [2.05, 4.69) is 28.1 Å². The zero-order valence-corrected chi connectivity index (χ0v) is 13.9. The third-order valence-corrected chi connectivity index (χ3v) is 4.55. The predicted octanol–water partition coefficient (Wildman–Crippen LogP) is 3.41. The molecule has 0 aromatic heterocycles. The highest BCUT2D eigenvalue weighted by Gasteiger charge is 2.35. The van der Waals surface area contributed by atoms with Crippen LogP contribution in [0.4, 0.5) is 0 Å². The summed E-state index contributed by atoms with van der Waals surface area (Å²) in [6.45, 7) is 7.26. The Morgan fingerprint density at radius 3 is 2.20 bits per heavy atom. The van der Waals surface area contributed by atoms with E-state index in [1.54, 1.807) is 21.3 Å². The van der Waals surface area contributed by atoms with Crippen LogP contribution < -0.4 is 5.46 Å². The summed E-state index contributed by atoms with van der Waals surface area (Å²) in [7, 11) is 1.73. The van der Waals surface area contributed by atoms with Crippen molar-refractivity contribution < 1.29 is 9.76 Å². The fourth-order valence-corrected chi connectivity index (χ4v) is 2.22. The molecule has 0 bridgehead atoms. The quantitative estimate of drug-likeness (QED) is 0.869. The summed E-state index contributed by atoms with van der Waals surface area (Å²) in [5.74, 6) is 0. The van der Waals surface area contributed by atoms with Crippen molar-refractivity contribution in [2.45, 2.75) is 38.9 Å². The Kier molecular flexibility index (Phi) is 4.28. The molecule has 0 atom stereocenters. The molecule has 0 aliphatic heterocycles. The molecular formula is C16H19BBrO2. The molecule has 0 fully saturated rings. The summed E-state index contributed by atoms with van der Waals surface area (Å²) in [6.07, 6.45) is 0. The number of fused-ring (bicyclic) bond motifs is 1. The Balaban J connectivity index is 2.30. The highest BCUT2D eigenvalue weighted by molar-refractivity contribution is 9.10. The van der Waals surface area contributed by atoms with Crippen molar-refractivity contribution in [3.05, 3.63) is 40.9 Å². The van der Waals surface area contributed by atoms with E-state index in [4.69, 9.17) is 4.65 Å². The normalized spacial score (nSPS) is 12.7. The van der Waals surface area contributed by atoms with Gasteiger partial charge in [0.05, 0.1) is 11.2 Å². The lowest BCUT2D eigenvalue weighted by Crippen LogP contribution is -2.49. The second-order valence-electron chi connectivity index (χ2n) is 5.99. The van der Waals surface area contributed by atoms with Crippen LogP contribution in [0.25, 0.3) is 10.8 Å². The van der Waals surface area contributed by atoms with Gasteiger partial charge in [-0.3, -0.25) is 0 Å². The number of aliphatic hydroxyl groups is 1. The molecule has 0 aliphatic rings. The van der Waals surface area contributed by atoms with Gasteiger partial charge in [-0.05, 0) is 50.0 Å². The van der Waals surface area contributed by atoms with Crippen molar-refractivity contribution in [2.75, 3.05) is 0 Å². The first kappa shape index (κ1) is 15.6. The van der Waals surface area contributed by atoms with E-state index in [0.29, 0.717) is 0 Å². The van der Waals surface area contributed by atoms with E-state index in [9.17, 15) is 5.11 Å². The highest BCUT2D eigenvalue weighted by Crippen LogP contribution is 2.25. The lowest BCUT2D eigenvalue weighted by Gasteiger charge is -2.37. The summed E-state index contributed by atoms with van der Waals surface area (Å²) in [5, 5.41) is 12.4. The van der Waals surface area contributed by atoms with Crippen molar-refractivity contribution in [1.82, 2.24) is 0 Å². The number of halogens is 1. The van der Waals surface area contributed by atoms with Crippen LogP contribution >= 0.6 is 15.9 Å². The SMILES string of the molecule is CC(C)(O)C(C)(C)O[B]c1ccc(Br)c2ccccc12. The van der Waals surface area contributed by atoms with Crippen LogP contribution in [0.2, 0.25) is 0 Å². The molecule has 0 saturated carbocycles. The summed E-state index contributed by atoms with van der Waals surface area (Å²) >= 11 is 3.56. The van der Waals surface area contributed by atoms with Crippen molar-refractivity contribution in [3.63, 3.8) is 0 Å². The van der Waals surface area contributed by atoms with Gasteiger partial charge in [0.25, 0.3) is 0 Å². The van der Waals surface area contributed by atoms with Crippen LogP contribution in [0, 0.1) is 0 Å². The fourth-order valence-electron chi connectivity index (χ4n) is 1.74. The molecule has 1 N–H and O–H groups in total. The molecular weight excluding hydrogens is 315 g/mol. The zero-order chi connectivity index (χ0) is 15.0. The second kappa shape index (κ2) is 5.51. The van der Waals surface area contributed by atoms with Crippen LogP contribution in [0.1, 0.15) is 27.7 Å². The number of hydrogen-bond acceptors (Lipinski definition) is 2. The maximum atomic E-state index is 10.1. The lowest BCUT2D eigenvalue weighted by atomic mass is 9.80. The molecule has 2 aromatic carbocycles. The molecule has 105 valence electrons. The summed E-state index contributed by atoms with van der Waals surface area (Å²) in [5.41, 5.74) is -0.586. The molecule has 1 radical (unpaired) electrons. The Morgan fingerprint density at radius 1 is 1.00 bits per heavy atom.